The molecule has 1 amide bonds. The van der Waals surface area contributed by atoms with Crippen LogP contribution in [0.4, 0.5) is 0 Å². The van der Waals surface area contributed by atoms with Crippen LogP contribution in [0, 0.1) is 13.8 Å². The van der Waals surface area contributed by atoms with Gasteiger partial charge in [0.1, 0.15) is 0 Å². The van der Waals surface area contributed by atoms with Crippen molar-refractivity contribution in [3.05, 3.63) is 34.9 Å². The molecule has 3 nitrogen and oxygen atoms in total. The lowest BCUT2D eigenvalue weighted by Crippen LogP contribution is -2.36. The van der Waals surface area contributed by atoms with E-state index in [-0.39, 0.29) is 11.9 Å². The van der Waals surface area contributed by atoms with E-state index < -0.39 is 0 Å². The largest absolute Gasteiger partial charge is 0.350 e. The minimum absolute atomic E-state index is 0.0368. The molecule has 0 aliphatic carbocycles. The summed E-state index contributed by atoms with van der Waals surface area (Å²) in [6.45, 7) is 6.50. The number of carbonyl (C=O) groups excluding carboxylic acids is 1. The fraction of sp³-hybridized carbons (Fsp3) is 0.462. The first-order chi connectivity index (χ1) is 7.54. The van der Waals surface area contributed by atoms with Gasteiger partial charge in [-0.15, -0.1) is 0 Å². The Hall–Kier alpha value is -1.35. The third kappa shape index (κ3) is 3.35. The Bertz CT molecular complexity index is 374. The molecule has 1 aromatic carbocycles. The van der Waals surface area contributed by atoms with Crippen LogP contribution in [-0.4, -0.2) is 18.5 Å². The van der Waals surface area contributed by atoms with Gasteiger partial charge in [0, 0.05) is 18.2 Å². The van der Waals surface area contributed by atoms with Gasteiger partial charge in [-0.25, -0.2) is 0 Å². The molecule has 0 bridgehead atoms. The van der Waals surface area contributed by atoms with Gasteiger partial charge < -0.3 is 11.1 Å². The van der Waals surface area contributed by atoms with Gasteiger partial charge in [-0.1, -0.05) is 24.6 Å². The first-order valence-electron chi connectivity index (χ1n) is 5.65. The molecule has 16 heavy (non-hydrogen) atoms. The van der Waals surface area contributed by atoms with Gasteiger partial charge in [0.25, 0.3) is 5.91 Å². The molecule has 0 radical (unpaired) electrons. The summed E-state index contributed by atoms with van der Waals surface area (Å²) in [5.41, 5.74) is 8.65. The van der Waals surface area contributed by atoms with Crippen molar-refractivity contribution in [2.45, 2.75) is 33.2 Å². The molecule has 0 spiro atoms. The molecule has 1 rings (SSSR count). The van der Waals surface area contributed by atoms with Gasteiger partial charge in [0.2, 0.25) is 0 Å². The lowest BCUT2D eigenvalue weighted by Gasteiger charge is -2.11. The van der Waals surface area contributed by atoms with Crippen molar-refractivity contribution in [2.75, 3.05) is 6.54 Å². The second-order valence-corrected chi connectivity index (χ2v) is 4.20. The van der Waals surface area contributed by atoms with E-state index in [2.05, 4.69) is 5.32 Å². The van der Waals surface area contributed by atoms with Crippen LogP contribution in [0.1, 0.15) is 34.8 Å². The molecule has 88 valence electrons. The minimum atomic E-state index is -0.0404. The molecular weight excluding hydrogens is 200 g/mol. The summed E-state index contributed by atoms with van der Waals surface area (Å²) in [5.74, 6) is -0.0404. The smallest absolute Gasteiger partial charge is 0.251 e. The zero-order chi connectivity index (χ0) is 12.1. The maximum absolute atomic E-state index is 11.8. The topological polar surface area (TPSA) is 55.1 Å². The van der Waals surface area contributed by atoms with Crippen LogP contribution in [0.3, 0.4) is 0 Å². The molecule has 3 N–H and O–H groups in total. The van der Waals surface area contributed by atoms with Gasteiger partial charge in [-0.2, -0.15) is 0 Å². The quantitative estimate of drug-likeness (QED) is 0.812. The molecule has 3 heteroatoms. The fourth-order valence-electron chi connectivity index (χ4n) is 1.53. The van der Waals surface area contributed by atoms with Gasteiger partial charge in [-0.05, 0) is 31.9 Å². The standard InChI is InChI=1S/C13H20N2O/c1-4-11(14)8-15-13(16)12-6-5-9(2)7-10(12)3/h5-7,11H,4,8,14H2,1-3H3,(H,15,16). The highest BCUT2D eigenvalue weighted by atomic mass is 16.1. The van der Waals surface area contributed by atoms with Crippen molar-refractivity contribution in [2.24, 2.45) is 5.73 Å². The molecule has 0 aliphatic rings. The molecular formula is C13H20N2O. The Morgan fingerprint density at radius 3 is 2.69 bits per heavy atom. The van der Waals surface area contributed by atoms with Crippen molar-refractivity contribution >= 4 is 5.91 Å². The highest BCUT2D eigenvalue weighted by Gasteiger charge is 2.09. The summed E-state index contributed by atoms with van der Waals surface area (Å²) >= 11 is 0. The van der Waals surface area contributed by atoms with Crippen LogP contribution in [0.5, 0.6) is 0 Å². The number of aryl methyl sites for hydroxylation is 2. The summed E-state index contributed by atoms with van der Waals surface area (Å²) in [4.78, 5) is 11.8. The molecule has 0 aromatic heterocycles. The first-order valence-corrected chi connectivity index (χ1v) is 5.65. The van der Waals surface area contributed by atoms with E-state index in [1.54, 1.807) is 0 Å². The van der Waals surface area contributed by atoms with Crippen LogP contribution in [0.2, 0.25) is 0 Å². The van der Waals surface area contributed by atoms with Crippen molar-refractivity contribution in [3.63, 3.8) is 0 Å². The lowest BCUT2D eigenvalue weighted by atomic mass is 10.1. The maximum atomic E-state index is 11.8. The normalized spacial score (nSPS) is 12.2. The number of hydrogen-bond acceptors (Lipinski definition) is 2. The molecule has 0 heterocycles. The number of rotatable bonds is 4. The Balaban J connectivity index is 2.66. The summed E-state index contributed by atoms with van der Waals surface area (Å²) in [6.07, 6.45) is 0.868. The van der Waals surface area contributed by atoms with Crippen LogP contribution >= 0.6 is 0 Å². The summed E-state index contributed by atoms with van der Waals surface area (Å²) in [5, 5.41) is 2.85. The number of nitrogens with one attached hydrogen (secondary N) is 1. The van der Waals surface area contributed by atoms with Crippen molar-refractivity contribution in [1.82, 2.24) is 5.32 Å². The summed E-state index contributed by atoms with van der Waals surface area (Å²) < 4.78 is 0. The summed E-state index contributed by atoms with van der Waals surface area (Å²) in [6, 6.07) is 5.85. The van der Waals surface area contributed by atoms with E-state index in [9.17, 15) is 4.79 Å². The fourth-order valence-corrected chi connectivity index (χ4v) is 1.53. The second kappa shape index (κ2) is 5.66. The maximum Gasteiger partial charge on any atom is 0.251 e. The van der Waals surface area contributed by atoms with E-state index in [1.807, 2.05) is 39.0 Å². The van der Waals surface area contributed by atoms with E-state index >= 15 is 0 Å². The number of amides is 1. The van der Waals surface area contributed by atoms with Crippen LogP contribution in [-0.2, 0) is 0 Å². The third-order valence-electron chi connectivity index (χ3n) is 2.68. The molecule has 1 aromatic rings. The molecule has 0 aliphatic heterocycles. The average molecular weight is 220 g/mol. The lowest BCUT2D eigenvalue weighted by molar-refractivity contribution is 0.0950. The Labute approximate surface area is 97.0 Å². The molecule has 0 fully saturated rings. The minimum Gasteiger partial charge on any atom is -0.350 e. The number of benzene rings is 1. The third-order valence-corrected chi connectivity index (χ3v) is 2.68. The first kappa shape index (κ1) is 12.7. The van der Waals surface area contributed by atoms with Gasteiger partial charge >= 0.3 is 0 Å². The van der Waals surface area contributed by atoms with Gasteiger partial charge in [0.15, 0.2) is 0 Å². The predicted molar refractivity (Wildman–Crippen MR) is 66.5 cm³/mol. The highest BCUT2D eigenvalue weighted by molar-refractivity contribution is 5.95. The summed E-state index contributed by atoms with van der Waals surface area (Å²) in [7, 11) is 0. The van der Waals surface area contributed by atoms with Crippen molar-refractivity contribution in [1.29, 1.82) is 0 Å². The number of carbonyl (C=O) groups is 1. The van der Waals surface area contributed by atoms with E-state index in [4.69, 9.17) is 5.73 Å². The Morgan fingerprint density at radius 1 is 1.44 bits per heavy atom. The average Bonchev–Trinajstić information content (AvgIpc) is 2.25. The Morgan fingerprint density at radius 2 is 2.12 bits per heavy atom. The highest BCUT2D eigenvalue weighted by Crippen LogP contribution is 2.10. The molecule has 1 unspecified atom stereocenters. The van der Waals surface area contributed by atoms with Gasteiger partial charge in [-0.3, -0.25) is 4.79 Å². The Kier molecular flexibility index (Phi) is 4.50. The SMILES string of the molecule is CCC(N)CNC(=O)c1ccc(C)cc1C. The van der Waals surface area contributed by atoms with E-state index in [0.29, 0.717) is 6.54 Å². The van der Waals surface area contributed by atoms with Crippen LogP contribution < -0.4 is 11.1 Å². The molecule has 0 saturated heterocycles. The van der Waals surface area contributed by atoms with Crippen molar-refractivity contribution < 1.29 is 4.79 Å². The van der Waals surface area contributed by atoms with Crippen LogP contribution in [0.25, 0.3) is 0 Å². The van der Waals surface area contributed by atoms with Crippen molar-refractivity contribution in [3.8, 4) is 0 Å². The van der Waals surface area contributed by atoms with Crippen LogP contribution in [0.15, 0.2) is 18.2 Å². The van der Waals surface area contributed by atoms with E-state index in [0.717, 1.165) is 17.5 Å². The molecule has 1 atom stereocenters. The number of hydrogen-bond donors (Lipinski definition) is 2. The monoisotopic (exact) mass is 220 g/mol. The zero-order valence-electron chi connectivity index (χ0n) is 10.2. The van der Waals surface area contributed by atoms with Gasteiger partial charge in [0.05, 0.1) is 0 Å². The second-order valence-electron chi connectivity index (χ2n) is 4.20. The van der Waals surface area contributed by atoms with E-state index in [1.165, 1.54) is 5.56 Å². The molecule has 0 saturated carbocycles. The predicted octanol–water partition coefficient (Wildman–Crippen LogP) is 1.77. The number of nitrogens with two attached hydrogens (primary N) is 1. The zero-order valence-corrected chi connectivity index (χ0v) is 10.2.